The molecule has 8 nitrogen and oxygen atoms in total. The quantitative estimate of drug-likeness (QED) is 0.512. The van der Waals surface area contributed by atoms with Crippen molar-refractivity contribution in [2.75, 3.05) is 13.7 Å². The predicted molar refractivity (Wildman–Crippen MR) is 79.4 cm³/mol. The van der Waals surface area contributed by atoms with E-state index in [4.69, 9.17) is 24.5 Å². The molecule has 1 aromatic rings. The van der Waals surface area contributed by atoms with Crippen LogP contribution in [0.15, 0.2) is 35.4 Å². The number of fused-ring (bicyclic) bond motifs is 1. The lowest BCUT2D eigenvalue weighted by Crippen LogP contribution is -2.62. The van der Waals surface area contributed by atoms with Crippen LogP contribution in [0, 0.1) is 0 Å². The van der Waals surface area contributed by atoms with Gasteiger partial charge in [-0.25, -0.2) is 0 Å². The summed E-state index contributed by atoms with van der Waals surface area (Å²) in [6.07, 6.45) is -2.84. The molecule has 0 radical (unpaired) electrons. The van der Waals surface area contributed by atoms with E-state index in [1.54, 1.807) is 0 Å². The largest absolute Gasteiger partial charge is 0.390 e. The number of azide groups is 1. The summed E-state index contributed by atoms with van der Waals surface area (Å²) >= 11 is 0. The molecule has 1 N–H and O–H groups in total. The van der Waals surface area contributed by atoms with Crippen LogP contribution < -0.4 is 0 Å². The number of rotatable bonds is 4. The number of ether oxygens (including phenoxy) is 4. The Bertz CT molecular complexity index is 565. The molecule has 0 bridgehead atoms. The Morgan fingerprint density at radius 1 is 1.35 bits per heavy atom. The van der Waals surface area contributed by atoms with Gasteiger partial charge in [-0.1, -0.05) is 35.4 Å². The monoisotopic (exact) mass is 321 g/mol. The lowest BCUT2D eigenvalue weighted by Gasteiger charge is -2.46. The second kappa shape index (κ2) is 7.27. The first-order valence-corrected chi connectivity index (χ1v) is 7.44. The van der Waals surface area contributed by atoms with Crippen molar-refractivity contribution in [1.29, 1.82) is 0 Å². The van der Waals surface area contributed by atoms with Crippen molar-refractivity contribution in [1.82, 2.24) is 0 Å². The average Bonchev–Trinajstić information content (AvgIpc) is 2.58. The normalized spacial score (nSPS) is 36.8. The Morgan fingerprint density at radius 3 is 2.83 bits per heavy atom. The molecule has 0 aromatic heterocycles. The third kappa shape index (κ3) is 3.48. The maximum absolute atomic E-state index is 10.5. The Balaban J connectivity index is 1.70. The molecule has 8 heteroatoms. The molecule has 0 saturated carbocycles. The molecule has 0 amide bonds. The maximum atomic E-state index is 10.5. The van der Waals surface area contributed by atoms with Gasteiger partial charge in [0.15, 0.2) is 12.6 Å². The van der Waals surface area contributed by atoms with Crippen LogP contribution in [-0.4, -0.2) is 55.8 Å². The second-order valence-electron chi connectivity index (χ2n) is 5.52. The molecule has 2 fully saturated rings. The number of aliphatic hydroxyl groups is 1. The van der Waals surface area contributed by atoms with Crippen molar-refractivity contribution in [3.8, 4) is 0 Å². The standard InChI is InChI=1S/C15H19N3O5/c1-20-15-12(17-18-16)13(19)14-10(22-15)8-21-11(23-14)7-9-5-3-2-4-6-9/h2-6,10-15,19H,7-8H2,1H3/t10-,11+,12-,13-,14-,15-/m1/s1. The molecule has 3 rings (SSSR count). The van der Waals surface area contributed by atoms with Crippen LogP contribution in [0.4, 0.5) is 0 Å². The summed E-state index contributed by atoms with van der Waals surface area (Å²) < 4.78 is 22.3. The number of hydrogen-bond acceptors (Lipinski definition) is 6. The van der Waals surface area contributed by atoms with Crippen LogP contribution in [-0.2, 0) is 25.4 Å². The summed E-state index contributed by atoms with van der Waals surface area (Å²) in [4.78, 5) is 2.75. The fourth-order valence-corrected chi connectivity index (χ4v) is 2.92. The number of benzene rings is 1. The summed E-state index contributed by atoms with van der Waals surface area (Å²) in [5.74, 6) is 0. The average molecular weight is 321 g/mol. The highest BCUT2D eigenvalue weighted by Gasteiger charge is 2.49. The topological polar surface area (TPSA) is 106 Å². The number of nitrogens with zero attached hydrogens (tertiary/aromatic N) is 3. The van der Waals surface area contributed by atoms with E-state index in [-0.39, 0.29) is 6.61 Å². The van der Waals surface area contributed by atoms with Gasteiger partial charge in [0.1, 0.15) is 18.2 Å². The summed E-state index contributed by atoms with van der Waals surface area (Å²) in [6.45, 7) is 0.280. The van der Waals surface area contributed by atoms with Crippen molar-refractivity contribution >= 4 is 0 Å². The van der Waals surface area contributed by atoms with E-state index in [0.717, 1.165) is 5.56 Å². The zero-order valence-electron chi connectivity index (χ0n) is 12.7. The first-order chi connectivity index (χ1) is 11.2. The molecule has 2 aliphatic heterocycles. The molecule has 2 saturated heterocycles. The van der Waals surface area contributed by atoms with Crippen molar-refractivity contribution in [3.05, 3.63) is 46.3 Å². The third-order valence-corrected chi connectivity index (χ3v) is 4.06. The molecule has 0 spiro atoms. The van der Waals surface area contributed by atoms with Crippen LogP contribution in [0.1, 0.15) is 5.56 Å². The minimum Gasteiger partial charge on any atom is -0.390 e. The van der Waals surface area contributed by atoms with Crippen molar-refractivity contribution in [2.24, 2.45) is 5.11 Å². The molecule has 124 valence electrons. The van der Waals surface area contributed by atoms with E-state index in [2.05, 4.69) is 10.0 Å². The van der Waals surface area contributed by atoms with Gasteiger partial charge < -0.3 is 24.1 Å². The third-order valence-electron chi connectivity index (χ3n) is 4.06. The van der Waals surface area contributed by atoms with Crippen molar-refractivity contribution in [2.45, 2.75) is 43.4 Å². The van der Waals surface area contributed by atoms with E-state index in [1.165, 1.54) is 7.11 Å². The van der Waals surface area contributed by atoms with Gasteiger partial charge in [-0.3, -0.25) is 0 Å². The highest BCUT2D eigenvalue weighted by molar-refractivity contribution is 5.15. The molecule has 0 unspecified atom stereocenters. The first kappa shape index (κ1) is 16.2. The number of aliphatic hydroxyl groups excluding tert-OH is 1. The first-order valence-electron chi connectivity index (χ1n) is 7.44. The highest BCUT2D eigenvalue weighted by Crippen LogP contribution is 2.31. The lowest BCUT2D eigenvalue weighted by molar-refractivity contribution is -0.335. The minimum absolute atomic E-state index is 0.280. The van der Waals surface area contributed by atoms with Gasteiger partial charge in [0.25, 0.3) is 0 Å². The summed E-state index contributed by atoms with van der Waals surface area (Å²) in [7, 11) is 1.43. The van der Waals surface area contributed by atoms with E-state index < -0.39 is 36.9 Å². The Morgan fingerprint density at radius 2 is 2.13 bits per heavy atom. The molecule has 23 heavy (non-hydrogen) atoms. The van der Waals surface area contributed by atoms with Gasteiger partial charge in [0.2, 0.25) is 0 Å². The van der Waals surface area contributed by atoms with Gasteiger partial charge in [0.05, 0.1) is 12.7 Å². The Kier molecular flexibility index (Phi) is 5.12. The fourth-order valence-electron chi connectivity index (χ4n) is 2.92. The Hall–Kier alpha value is -1.67. The molecule has 6 atom stereocenters. The summed E-state index contributed by atoms with van der Waals surface area (Å²) in [5.41, 5.74) is 9.74. The lowest BCUT2D eigenvalue weighted by atomic mass is 9.96. The molecule has 2 aliphatic rings. The van der Waals surface area contributed by atoms with Gasteiger partial charge >= 0.3 is 0 Å². The fraction of sp³-hybridized carbons (Fsp3) is 0.600. The van der Waals surface area contributed by atoms with E-state index >= 15 is 0 Å². The zero-order chi connectivity index (χ0) is 16.2. The van der Waals surface area contributed by atoms with Crippen molar-refractivity contribution < 1.29 is 24.1 Å². The number of methoxy groups -OCH3 is 1. The van der Waals surface area contributed by atoms with Crippen LogP contribution in [0.5, 0.6) is 0 Å². The smallest absolute Gasteiger partial charge is 0.168 e. The molecule has 0 aliphatic carbocycles. The minimum atomic E-state index is -1.02. The molecular formula is C15H19N3O5. The maximum Gasteiger partial charge on any atom is 0.168 e. The Labute approximate surface area is 133 Å². The van der Waals surface area contributed by atoms with Crippen molar-refractivity contribution in [3.63, 3.8) is 0 Å². The molecule has 1 aromatic carbocycles. The van der Waals surface area contributed by atoms with Gasteiger partial charge in [0, 0.05) is 18.4 Å². The van der Waals surface area contributed by atoms with Crippen LogP contribution >= 0.6 is 0 Å². The van der Waals surface area contributed by atoms with E-state index in [9.17, 15) is 5.11 Å². The SMILES string of the molecule is CO[C@@H]1O[C@@H]2CO[C@H](Cc3ccccc3)O[C@H]2[C@H](O)[C@H]1N=[N+]=[N-]. The van der Waals surface area contributed by atoms with E-state index in [0.29, 0.717) is 6.42 Å². The summed E-state index contributed by atoms with van der Waals surface area (Å²) in [6, 6.07) is 8.94. The molecular weight excluding hydrogens is 302 g/mol. The summed E-state index contributed by atoms with van der Waals surface area (Å²) in [5, 5.41) is 14.1. The van der Waals surface area contributed by atoms with Gasteiger partial charge in [-0.15, -0.1) is 0 Å². The van der Waals surface area contributed by atoms with Crippen LogP contribution in [0.25, 0.3) is 10.4 Å². The highest BCUT2D eigenvalue weighted by atomic mass is 16.7. The van der Waals surface area contributed by atoms with Crippen LogP contribution in [0.3, 0.4) is 0 Å². The molecule has 2 heterocycles. The predicted octanol–water partition coefficient (Wildman–Crippen LogP) is 1.38. The zero-order valence-corrected chi connectivity index (χ0v) is 12.7. The van der Waals surface area contributed by atoms with Gasteiger partial charge in [-0.05, 0) is 11.1 Å². The second-order valence-corrected chi connectivity index (χ2v) is 5.52. The van der Waals surface area contributed by atoms with Crippen LogP contribution in [0.2, 0.25) is 0 Å². The van der Waals surface area contributed by atoms with Gasteiger partial charge in [-0.2, -0.15) is 0 Å². The number of hydrogen-bond donors (Lipinski definition) is 1. The van der Waals surface area contributed by atoms with E-state index in [1.807, 2.05) is 30.3 Å².